The van der Waals surface area contributed by atoms with Crippen LogP contribution in [-0.4, -0.2) is 56.1 Å². The molecule has 2 N–H and O–H groups in total. The molecule has 0 radical (unpaired) electrons. The maximum Gasteiger partial charge on any atom is 0.261 e. The number of rotatable bonds is 5. The number of carbonyl (C=O) groups excluding carboxylic acids is 2. The molecular formula is C27H33FN2O5Si. The maximum absolute atomic E-state index is 15.8. The lowest BCUT2D eigenvalue weighted by Crippen LogP contribution is -2.48. The molecule has 0 saturated carbocycles. The standard InChI is InChI=1S/C27H33FN2O5Si/c1-16-25(36(3,4)28)23(35-27(16)21-12-20(34-2)9-10-22(21)29-26(27)33)13-24(32)30-14-18-8-6-5-7-17(18)11-19(30)15-31/h5-10,12,16,19,23,25,31H,11,13-15H2,1-4H3,(H,29,33)/t16-,19-,23+,25-,27+/m0/s1. The Morgan fingerprint density at radius 1 is 1.28 bits per heavy atom. The Bertz CT molecular complexity index is 1200. The lowest BCUT2D eigenvalue weighted by atomic mass is 9.82. The molecule has 5 atom stereocenters. The van der Waals surface area contributed by atoms with Gasteiger partial charge in [0.1, 0.15) is 5.75 Å². The summed E-state index contributed by atoms with van der Waals surface area (Å²) in [6.07, 6.45) is -0.256. The zero-order chi connectivity index (χ0) is 25.8. The summed E-state index contributed by atoms with van der Waals surface area (Å²) >= 11 is 0. The minimum Gasteiger partial charge on any atom is -0.497 e. The van der Waals surface area contributed by atoms with Crippen molar-refractivity contribution in [3.8, 4) is 5.75 Å². The van der Waals surface area contributed by atoms with Crippen LogP contribution in [-0.2, 0) is 32.9 Å². The Morgan fingerprint density at radius 3 is 2.67 bits per heavy atom. The van der Waals surface area contributed by atoms with Gasteiger partial charge in [-0.15, -0.1) is 0 Å². The minimum atomic E-state index is -3.37. The van der Waals surface area contributed by atoms with Gasteiger partial charge in [-0.2, -0.15) is 0 Å². The number of aliphatic hydroxyl groups excluding tert-OH is 1. The number of benzene rings is 2. The van der Waals surface area contributed by atoms with E-state index >= 15 is 4.11 Å². The van der Waals surface area contributed by atoms with Gasteiger partial charge in [-0.25, -0.2) is 0 Å². The summed E-state index contributed by atoms with van der Waals surface area (Å²) in [6, 6.07) is 12.8. The van der Waals surface area contributed by atoms with Crippen molar-refractivity contribution in [1.29, 1.82) is 0 Å². The monoisotopic (exact) mass is 512 g/mol. The predicted octanol–water partition coefficient (Wildman–Crippen LogP) is 3.76. The molecule has 36 heavy (non-hydrogen) atoms. The van der Waals surface area contributed by atoms with Crippen LogP contribution in [0.2, 0.25) is 18.6 Å². The first-order chi connectivity index (χ1) is 17.1. The van der Waals surface area contributed by atoms with Gasteiger partial charge in [-0.05, 0) is 48.8 Å². The van der Waals surface area contributed by atoms with Gasteiger partial charge in [-0.1, -0.05) is 31.2 Å². The average Bonchev–Trinajstić information content (AvgIpc) is 3.30. The Kier molecular flexibility index (Phi) is 6.21. The third-order valence-electron chi connectivity index (χ3n) is 8.19. The van der Waals surface area contributed by atoms with Crippen LogP contribution in [0.15, 0.2) is 42.5 Å². The highest BCUT2D eigenvalue weighted by Crippen LogP contribution is 2.59. The van der Waals surface area contributed by atoms with Gasteiger partial charge in [0, 0.05) is 29.3 Å². The zero-order valence-electron chi connectivity index (χ0n) is 21.1. The maximum atomic E-state index is 15.8. The van der Waals surface area contributed by atoms with Crippen LogP contribution in [0.3, 0.4) is 0 Å². The van der Waals surface area contributed by atoms with Gasteiger partial charge in [-0.3, -0.25) is 9.59 Å². The molecular weight excluding hydrogens is 479 g/mol. The fourth-order valence-corrected chi connectivity index (χ4v) is 9.00. The average molecular weight is 513 g/mol. The number of carbonyl (C=O) groups is 2. The second-order valence-corrected chi connectivity index (χ2v) is 14.5. The highest BCUT2D eigenvalue weighted by atomic mass is 28.4. The SMILES string of the molecule is COc1ccc2c(c1)[C@@]1(O[C@H](CC(=O)N3Cc4ccccc4C[C@H]3CO)[C@@H]([Si](C)(C)F)[C@@H]1C)C(=O)N2. The van der Waals surface area contributed by atoms with Crippen LogP contribution < -0.4 is 10.1 Å². The summed E-state index contributed by atoms with van der Waals surface area (Å²) < 4.78 is 27.8. The Morgan fingerprint density at radius 2 is 2.00 bits per heavy atom. The first-order valence-electron chi connectivity index (χ1n) is 12.4. The van der Waals surface area contributed by atoms with E-state index in [1.807, 2.05) is 31.2 Å². The largest absolute Gasteiger partial charge is 0.497 e. The summed E-state index contributed by atoms with van der Waals surface area (Å²) in [6.45, 7) is 5.30. The highest BCUT2D eigenvalue weighted by molar-refractivity contribution is 6.72. The van der Waals surface area contributed by atoms with Crippen molar-refractivity contribution in [2.75, 3.05) is 19.0 Å². The number of fused-ring (bicyclic) bond motifs is 3. The van der Waals surface area contributed by atoms with Gasteiger partial charge < -0.3 is 28.9 Å². The van der Waals surface area contributed by atoms with Gasteiger partial charge in [0.15, 0.2) is 5.60 Å². The van der Waals surface area contributed by atoms with Crippen molar-refractivity contribution in [1.82, 2.24) is 4.90 Å². The molecule has 1 fully saturated rings. The third-order valence-corrected chi connectivity index (χ3v) is 10.6. The smallest absolute Gasteiger partial charge is 0.261 e. The summed E-state index contributed by atoms with van der Waals surface area (Å²) in [5, 5.41) is 12.9. The minimum absolute atomic E-state index is 0.0532. The van der Waals surface area contributed by atoms with Crippen LogP contribution in [0.5, 0.6) is 5.75 Å². The Hall–Kier alpha value is -2.75. The number of ether oxygens (including phenoxy) is 2. The van der Waals surface area contributed by atoms with E-state index in [1.165, 1.54) is 0 Å². The molecule has 3 aliphatic heterocycles. The van der Waals surface area contributed by atoms with E-state index < -0.39 is 31.6 Å². The first kappa shape index (κ1) is 24.9. The number of nitrogens with one attached hydrogen (secondary N) is 1. The fraction of sp³-hybridized carbons (Fsp3) is 0.481. The molecule has 0 aromatic heterocycles. The molecule has 7 nitrogen and oxygen atoms in total. The molecule has 2 aromatic rings. The number of hydrogen-bond donors (Lipinski definition) is 2. The number of anilines is 1. The molecule has 5 rings (SSSR count). The van der Waals surface area contributed by atoms with Gasteiger partial charge in [0.05, 0.1) is 32.3 Å². The number of hydrogen-bond acceptors (Lipinski definition) is 5. The molecule has 0 unspecified atom stereocenters. The number of methoxy groups -OCH3 is 1. The molecule has 2 aromatic carbocycles. The first-order valence-corrected chi connectivity index (χ1v) is 15.4. The van der Waals surface area contributed by atoms with Crippen LogP contribution in [0.1, 0.15) is 30.0 Å². The van der Waals surface area contributed by atoms with Crippen LogP contribution in [0.25, 0.3) is 0 Å². The van der Waals surface area contributed by atoms with E-state index in [9.17, 15) is 14.7 Å². The molecule has 1 saturated heterocycles. The van der Waals surface area contributed by atoms with Crippen molar-refractivity contribution >= 4 is 25.9 Å². The molecule has 2 amide bonds. The number of halogens is 1. The third kappa shape index (κ3) is 3.84. The lowest BCUT2D eigenvalue weighted by Gasteiger charge is -2.37. The quantitative estimate of drug-likeness (QED) is 0.471. The summed E-state index contributed by atoms with van der Waals surface area (Å²) in [5.74, 6) is -0.445. The van der Waals surface area contributed by atoms with E-state index in [0.29, 0.717) is 30.0 Å². The topological polar surface area (TPSA) is 88.1 Å². The van der Waals surface area contributed by atoms with Crippen molar-refractivity contribution < 1.29 is 28.3 Å². The van der Waals surface area contributed by atoms with Crippen molar-refractivity contribution in [3.63, 3.8) is 0 Å². The zero-order valence-corrected chi connectivity index (χ0v) is 22.1. The number of aliphatic hydroxyl groups is 1. The van der Waals surface area contributed by atoms with Crippen molar-refractivity contribution in [2.24, 2.45) is 5.92 Å². The molecule has 0 aliphatic carbocycles. The van der Waals surface area contributed by atoms with Crippen molar-refractivity contribution in [2.45, 2.75) is 62.7 Å². The molecule has 9 heteroatoms. The number of amides is 2. The van der Waals surface area contributed by atoms with E-state index in [0.717, 1.165) is 11.1 Å². The second kappa shape index (κ2) is 8.97. The van der Waals surface area contributed by atoms with Crippen LogP contribution in [0, 0.1) is 5.92 Å². The van der Waals surface area contributed by atoms with Crippen molar-refractivity contribution in [3.05, 3.63) is 59.2 Å². The van der Waals surface area contributed by atoms with Gasteiger partial charge in [0.25, 0.3) is 5.91 Å². The fourth-order valence-electron chi connectivity index (χ4n) is 6.50. The van der Waals surface area contributed by atoms with E-state index in [2.05, 4.69) is 5.32 Å². The van der Waals surface area contributed by atoms with Crippen LogP contribution >= 0.6 is 0 Å². The molecule has 192 valence electrons. The van der Waals surface area contributed by atoms with E-state index in [1.54, 1.807) is 43.3 Å². The van der Waals surface area contributed by atoms with Gasteiger partial charge >= 0.3 is 0 Å². The summed E-state index contributed by atoms with van der Waals surface area (Å²) in [7, 11) is -1.82. The molecule has 3 heterocycles. The number of nitrogens with zero attached hydrogens (tertiary/aromatic N) is 1. The van der Waals surface area contributed by atoms with Crippen LogP contribution in [0.4, 0.5) is 9.80 Å². The predicted molar refractivity (Wildman–Crippen MR) is 136 cm³/mol. The summed E-state index contributed by atoms with van der Waals surface area (Å²) in [4.78, 5) is 28.7. The lowest BCUT2D eigenvalue weighted by molar-refractivity contribution is -0.149. The molecule has 0 bridgehead atoms. The van der Waals surface area contributed by atoms with E-state index in [-0.39, 0.29) is 30.9 Å². The molecule has 1 spiro atoms. The summed E-state index contributed by atoms with van der Waals surface area (Å²) in [5.41, 5.74) is 1.44. The normalized spacial score (nSPS) is 29.2. The second-order valence-electron chi connectivity index (χ2n) is 10.7. The highest BCUT2D eigenvalue weighted by Gasteiger charge is 2.65. The Labute approximate surface area is 211 Å². The van der Waals surface area contributed by atoms with Gasteiger partial charge in [0.2, 0.25) is 14.3 Å². The van der Waals surface area contributed by atoms with E-state index in [4.69, 9.17) is 9.47 Å². The molecule has 3 aliphatic rings. The Balaban J connectivity index is 1.48.